The molecule has 4 rings (SSSR count). The molecule has 3 aromatic heterocycles. The highest BCUT2D eigenvalue weighted by molar-refractivity contribution is 5.68. The number of aromatic nitrogens is 3. The van der Waals surface area contributed by atoms with Crippen LogP contribution in [-0.4, -0.2) is 43.8 Å². The van der Waals surface area contributed by atoms with E-state index in [-0.39, 0.29) is 12.2 Å². The Hall–Kier alpha value is -2.44. The molecular weight excluding hydrogens is 316 g/mol. The third-order valence-electron chi connectivity index (χ3n) is 4.86. The molecule has 6 nitrogen and oxygen atoms in total. The van der Waals surface area contributed by atoms with Crippen LogP contribution in [0.25, 0.3) is 16.9 Å². The van der Waals surface area contributed by atoms with Gasteiger partial charge < -0.3 is 14.4 Å². The third-order valence-corrected chi connectivity index (χ3v) is 4.86. The zero-order valence-corrected chi connectivity index (χ0v) is 14.1. The van der Waals surface area contributed by atoms with Crippen LogP contribution in [0, 0.1) is 0 Å². The molecule has 130 valence electrons. The van der Waals surface area contributed by atoms with Crippen molar-refractivity contribution >= 4 is 5.52 Å². The molecule has 0 bridgehead atoms. The number of hydrogen-bond acceptors (Lipinski definition) is 4. The van der Waals surface area contributed by atoms with E-state index < -0.39 is 0 Å². The summed E-state index contributed by atoms with van der Waals surface area (Å²) >= 11 is 0. The van der Waals surface area contributed by atoms with Gasteiger partial charge in [0.25, 0.3) is 5.56 Å². The number of hydrogen-bond donors (Lipinski definition) is 1. The molecule has 1 N–H and O–H groups in total. The topological polar surface area (TPSA) is 62.8 Å². The molecule has 4 heterocycles. The van der Waals surface area contributed by atoms with Crippen LogP contribution in [0.5, 0.6) is 0 Å². The minimum absolute atomic E-state index is 0.0639. The Labute approximate surface area is 145 Å². The van der Waals surface area contributed by atoms with Gasteiger partial charge in [-0.05, 0) is 50.2 Å². The van der Waals surface area contributed by atoms with E-state index in [9.17, 15) is 9.90 Å². The SMILES string of the molecule is O=c1ccc(-c2c(CO)cc3ccccn23)nn1CCN1CCCC1. The van der Waals surface area contributed by atoms with Gasteiger partial charge >= 0.3 is 0 Å². The van der Waals surface area contributed by atoms with Crippen LogP contribution in [0.3, 0.4) is 0 Å². The highest BCUT2D eigenvalue weighted by atomic mass is 16.3. The Bertz CT molecular complexity index is 938. The second-order valence-electron chi connectivity index (χ2n) is 6.50. The fraction of sp³-hybridized carbons (Fsp3) is 0.368. The number of pyridine rings is 1. The Morgan fingerprint density at radius 3 is 2.72 bits per heavy atom. The van der Waals surface area contributed by atoms with Crippen LogP contribution in [0.15, 0.2) is 47.4 Å². The number of nitrogens with zero attached hydrogens (tertiary/aromatic N) is 4. The van der Waals surface area contributed by atoms with Gasteiger partial charge in [-0.25, -0.2) is 4.68 Å². The van der Waals surface area contributed by atoms with Gasteiger partial charge in [-0.3, -0.25) is 4.79 Å². The van der Waals surface area contributed by atoms with Crippen LogP contribution in [0.1, 0.15) is 18.4 Å². The van der Waals surface area contributed by atoms with Crippen LogP contribution in [0.4, 0.5) is 0 Å². The van der Waals surface area contributed by atoms with Crippen molar-refractivity contribution in [1.82, 2.24) is 19.1 Å². The second kappa shape index (κ2) is 6.82. The lowest BCUT2D eigenvalue weighted by Crippen LogP contribution is -2.30. The van der Waals surface area contributed by atoms with E-state index in [1.807, 2.05) is 34.9 Å². The van der Waals surface area contributed by atoms with Crippen molar-refractivity contribution < 1.29 is 5.11 Å². The van der Waals surface area contributed by atoms with Gasteiger partial charge in [0.2, 0.25) is 0 Å². The summed E-state index contributed by atoms with van der Waals surface area (Å²) in [5.41, 5.74) is 3.26. The number of rotatable bonds is 5. The van der Waals surface area contributed by atoms with Gasteiger partial charge in [-0.2, -0.15) is 5.10 Å². The Morgan fingerprint density at radius 1 is 1.08 bits per heavy atom. The standard InChI is InChI=1S/C19H22N4O2/c24-14-15-13-16-5-1-2-10-22(16)19(15)17-6-7-18(25)23(20-17)12-11-21-8-3-4-9-21/h1-2,5-7,10,13,24H,3-4,8-9,11-12,14H2. The number of aliphatic hydroxyl groups is 1. The van der Waals surface area contributed by atoms with E-state index >= 15 is 0 Å². The number of fused-ring (bicyclic) bond motifs is 1. The van der Waals surface area contributed by atoms with Crippen LogP contribution in [-0.2, 0) is 13.2 Å². The van der Waals surface area contributed by atoms with Gasteiger partial charge in [-0.15, -0.1) is 0 Å². The first kappa shape index (κ1) is 16.1. The van der Waals surface area contributed by atoms with E-state index in [2.05, 4.69) is 10.00 Å². The Balaban J connectivity index is 1.71. The number of aliphatic hydroxyl groups excluding tert-OH is 1. The van der Waals surface area contributed by atoms with E-state index in [0.29, 0.717) is 12.2 Å². The van der Waals surface area contributed by atoms with Gasteiger partial charge in [0.15, 0.2) is 0 Å². The van der Waals surface area contributed by atoms with Gasteiger partial charge in [0, 0.05) is 29.9 Å². The molecule has 0 spiro atoms. The fourth-order valence-corrected chi connectivity index (χ4v) is 3.57. The van der Waals surface area contributed by atoms with Crippen LogP contribution >= 0.6 is 0 Å². The highest BCUT2D eigenvalue weighted by Crippen LogP contribution is 2.25. The van der Waals surface area contributed by atoms with Crippen molar-refractivity contribution in [2.45, 2.75) is 26.0 Å². The van der Waals surface area contributed by atoms with E-state index in [1.54, 1.807) is 12.1 Å². The van der Waals surface area contributed by atoms with Gasteiger partial charge in [0.1, 0.15) is 5.69 Å². The van der Waals surface area contributed by atoms with Crippen molar-refractivity contribution in [2.24, 2.45) is 0 Å². The van der Waals surface area contributed by atoms with Crippen molar-refractivity contribution in [3.63, 3.8) is 0 Å². The smallest absolute Gasteiger partial charge is 0.266 e. The summed E-state index contributed by atoms with van der Waals surface area (Å²) in [6.07, 6.45) is 4.42. The largest absolute Gasteiger partial charge is 0.392 e. The molecule has 1 saturated heterocycles. The minimum Gasteiger partial charge on any atom is -0.392 e. The normalized spacial score (nSPS) is 15.2. The lowest BCUT2D eigenvalue weighted by atomic mass is 10.2. The average Bonchev–Trinajstić information content (AvgIpc) is 3.28. The molecule has 0 amide bonds. The first-order chi connectivity index (χ1) is 12.3. The van der Waals surface area contributed by atoms with Crippen molar-refractivity contribution in [1.29, 1.82) is 0 Å². The fourth-order valence-electron chi connectivity index (χ4n) is 3.57. The van der Waals surface area contributed by atoms with E-state index in [1.165, 1.54) is 17.5 Å². The maximum Gasteiger partial charge on any atom is 0.266 e. The predicted molar refractivity (Wildman–Crippen MR) is 96.5 cm³/mol. The monoisotopic (exact) mass is 338 g/mol. The molecule has 0 aromatic carbocycles. The summed E-state index contributed by atoms with van der Waals surface area (Å²) < 4.78 is 3.54. The summed E-state index contributed by atoms with van der Waals surface area (Å²) in [5, 5.41) is 14.3. The lowest BCUT2D eigenvalue weighted by molar-refractivity contribution is 0.282. The molecule has 3 aromatic rings. The van der Waals surface area contributed by atoms with Crippen LogP contribution < -0.4 is 5.56 Å². The zero-order chi connectivity index (χ0) is 17.2. The summed E-state index contributed by atoms with van der Waals surface area (Å²) in [5.74, 6) is 0. The van der Waals surface area contributed by atoms with Crippen LogP contribution in [0.2, 0.25) is 0 Å². The van der Waals surface area contributed by atoms with Crippen molar-refractivity contribution in [3.8, 4) is 11.4 Å². The molecule has 0 atom stereocenters. The molecule has 1 aliphatic heterocycles. The predicted octanol–water partition coefficient (Wildman–Crippen LogP) is 1.75. The molecule has 0 aliphatic carbocycles. The Kier molecular flexibility index (Phi) is 4.38. The maximum atomic E-state index is 12.2. The quantitative estimate of drug-likeness (QED) is 0.770. The highest BCUT2D eigenvalue weighted by Gasteiger charge is 2.15. The van der Waals surface area contributed by atoms with E-state index in [4.69, 9.17) is 0 Å². The molecule has 1 fully saturated rings. The zero-order valence-electron chi connectivity index (χ0n) is 14.1. The summed E-state index contributed by atoms with van der Waals surface area (Å²) in [7, 11) is 0. The van der Waals surface area contributed by atoms with Crippen molar-refractivity contribution in [3.05, 3.63) is 58.5 Å². The van der Waals surface area contributed by atoms with Gasteiger partial charge in [-0.1, -0.05) is 6.07 Å². The first-order valence-electron chi connectivity index (χ1n) is 8.77. The second-order valence-corrected chi connectivity index (χ2v) is 6.50. The third kappa shape index (κ3) is 3.10. The van der Waals surface area contributed by atoms with Gasteiger partial charge in [0.05, 0.1) is 18.8 Å². The summed E-state index contributed by atoms with van der Waals surface area (Å²) in [6, 6.07) is 11.2. The first-order valence-corrected chi connectivity index (χ1v) is 8.77. The Morgan fingerprint density at radius 2 is 1.92 bits per heavy atom. The van der Waals surface area contributed by atoms with Crippen molar-refractivity contribution in [2.75, 3.05) is 19.6 Å². The molecular formula is C19H22N4O2. The number of likely N-dealkylation sites (tertiary alicyclic amines) is 1. The summed E-state index contributed by atoms with van der Waals surface area (Å²) in [4.78, 5) is 14.6. The maximum absolute atomic E-state index is 12.2. The lowest BCUT2D eigenvalue weighted by Gasteiger charge is -2.15. The molecule has 0 saturated carbocycles. The van der Waals surface area contributed by atoms with E-state index in [0.717, 1.165) is 36.4 Å². The average molecular weight is 338 g/mol. The molecule has 0 unspecified atom stereocenters. The molecule has 25 heavy (non-hydrogen) atoms. The molecule has 1 aliphatic rings. The minimum atomic E-state index is -0.0886. The molecule has 6 heteroatoms. The summed E-state index contributed by atoms with van der Waals surface area (Å²) in [6.45, 7) is 3.58. The molecule has 0 radical (unpaired) electrons.